The Kier molecular flexibility index (Phi) is 7.51. The van der Waals surface area contributed by atoms with Crippen LogP contribution in [0.25, 0.3) is 10.9 Å². The Bertz CT molecular complexity index is 816. The highest BCUT2D eigenvalue weighted by Crippen LogP contribution is 2.22. The Morgan fingerprint density at radius 3 is 2.43 bits per heavy atom. The second-order valence-corrected chi connectivity index (χ2v) is 7.87. The number of hydrogen-bond donors (Lipinski definition) is 1. The van der Waals surface area contributed by atoms with Crippen molar-refractivity contribution in [1.82, 2.24) is 9.88 Å². The first kappa shape index (κ1) is 20.9. The molecule has 154 valence electrons. The molecule has 0 radical (unpaired) electrons. The molecule has 2 aromatic rings. The van der Waals surface area contributed by atoms with Gasteiger partial charge in [0.05, 0.1) is 13.2 Å². The van der Waals surface area contributed by atoms with E-state index in [2.05, 4.69) is 40.8 Å². The predicted octanol–water partition coefficient (Wildman–Crippen LogP) is 4.08. The van der Waals surface area contributed by atoms with E-state index in [-0.39, 0.29) is 5.43 Å². The van der Waals surface area contributed by atoms with E-state index >= 15 is 0 Å². The molecule has 0 spiro atoms. The van der Waals surface area contributed by atoms with Gasteiger partial charge < -0.3 is 14.6 Å². The molecule has 0 aliphatic carbocycles. The second kappa shape index (κ2) is 10.1. The summed E-state index contributed by atoms with van der Waals surface area (Å²) >= 11 is 0. The van der Waals surface area contributed by atoms with Crippen molar-refractivity contribution >= 4 is 16.6 Å². The van der Waals surface area contributed by atoms with Gasteiger partial charge in [-0.3, -0.25) is 9.69 Å². The molecule has 1 aliphatic heterocycles. The molecule has 5 heteroatoms. The number of aromatic amines is 1. The van der Waals surface area contributed by atoms with E-state index in [1.54, 1.807) is 0 Å². The average molecular weight is 386 g/mol. The van der Waals surface area contributed by atoms with E-state index < -0.39 is 0 Å². The van der Waals surface area contributed by atoms with Crippen molar-refractivity contribution in [2.75, 3.05) is 44.3 Å². The number of anilines is 1. The van der Waals surface area contributed by atoms with Crippen LogP contribution in [0.15, 0.2) is 23.0 Å². The maximum Gasteiger partial charge on any atom is 0.194 e. The molecular formula is C23H35N3O2. The number of nitrogens with one attached hydrogen (secondary N) is 1. The average Bonchev–Trinajstić information content (AvgIpc) is 2.73. The molecule has 0 saturated carbocycles. The van der Waals surface area contributed by atoms with Crippen molar-refractivity contribution in [3.63, 3.8) is 0 Å². The lowest BCUT2D eigenvalue weighted by Gasteiger charge is -2.29. The van der Waals surface area contributed by atoms with Crippen molar-refractivity contribution in [2.24, 2.45) is 0 Å². The van der Waals surface area contributed by atoms with Crippen LogP contribution in [-0.2, 0) is 11.3 Å². The fourth-order valence-corrected chi connectivity index (χ4v) is 3.91. The molecule has 1 N–H and O–H groups in total. The van der Waals surface area contributed by atoms with Crippen LogP contribution in [0, 0.1) is 6.92 Å². The summed E-state index contributed by atoms with van der Waals surface area (Å²) in [6, 6.07) is 6.21. The number of aryl methyl sites for hydroxylation is 1. The van der Waals surface area contributed by atoms with Crippen LogP contribution in [0.2, 0.25) is 0 Å². The number of pyridine rings is 1. The maximum atomic E-state index is 13.4. The number of aromatic nitrogens is 1. The lowest BCUT2D eigenvalue weighted by Crippen LogP contribution is -2.36. The minimum atomic E-state index is 0.180. The summed E-state index contributed by atoms with van der Waals surface area (Å²) < 4.78 is 5.46. The Balaban J connectivity index is 1.91. The molecule has 0 atom stereocenters. The number of benzene rings is 1. The Morgan fingerprint density at radius 1 is 1.11 bits per heavy atom. The molecule has 5 nitrogen and oxygen atoms in total. The summed E-state index contributed by atoms with van der Waals surface area (Å²) in [4.78, 5) is 21.6. The monoisotopic (exact) mass is 385 g/mol. The molecule has 1 saturated heterocycles. The van der Waals surface area contributed by atoms with Gasteiger partial charge in [-0.15, -0.1) is 0 Å². The van der Waals surface area contributed by atoms with Gasteiger partial charge in [-0.2, -0.15) is 0 Å². The van der Waals surface area contributed by atoms with E-state index in [4.69, 9.17) is 4.74 Å². The van der Waals surface area contributed by atoms with Crippen LogP contribution >= 0.6 is 0 Å². The summed E-state index contributed by atoms with van der Waals surface area (Å²) in [6.45, 7) is 12.6. The highest BCUT2D eigenvalue weighted by molar-refractivity contribution is 5.83. The van der Waals surface area contributed by atoms with E-state index in [9.17, 15) is 4.79 Å². The summed E-state index contributed by atoms with van der Waals surface area (Å²) in [5.74, 6) is 0. The lowest BCUT2D eigenvalue weighted by molar-refractivity contribution is 0.122. The zero-order valence-corrected chi connectivity index (χ0v) is 17.7. The molecule has 0 amide bonds. The van der Waals surface area contributed by atoms with Gasteiger partial charge in [0.25, 0.3) is 0 Å². The summed E-state index contributed by atoms with van der Waals surface area (Å²) in [6.07, 6.45) is 4.71. The zero-order valence-electron chi connectivity index (χ0n) is 17.7. The molecular weight excluding hydrogens is 350 g/mol. The van der Waals surface area contributed by atoms with E-state index in [1.165, 1.54) is 25.7 Å². The largest absolute Gasteiger partial charge is 0.378 e. The van der Waals surface area contributed by atoms with Gasteiger partial charge in [-0.05, 0) is 51.1 Å². The SMILES string of the molecule is CCCCN(CCCC)Cc1c(C)[nH]c2ccc(N3CCOCC3)cc2c1=O. The zero-order chi connectivity index (χ0) is 19.9. The summed E-state index contributed by atoms with van der Waals surface area (Å²) in [5.41, 5.74) is 4.13. The van der Waals surface area contributed by atoms with Crippen LogP contribution in [-0.4, -0.2) is 49.3 Å². The topological polar surface area (TPSA) is 48.6 Å². The standard InChI is InChI=1S/C23H35N3O2/c1-4-6-10-25(11-7-5-2)17-21-18(3)24-22-9-8-19(16-20(22)23(21)27)26-12-14-28-15-13-26/h8-9,16H,4-7,10-15,17H2,1-3H3,(H,24,27). The third-order valence-corrected chi connectivity index (χ3v) is 5.71. The molecule has 1 aromatic carbocycles. The van der Waals surface area contributed by atoms with Gasteiger partial charge in [0.15, 0.2) is 5.43 Å². The highest BCUT2D eigenvalue weighted by Gasteiger charge is 2.16. The van der Waals surface area contributed by atoms with Crippen LogP contribution < -0.4 is 10.3 Å². The van der Waals surface area contributed by atoms with Crippen molar-refractivity contribution in [2.45, 2.75) is 53.0 Å². The number of unbranched alkanes of at least 4 members (excludes halogenated alkanes) is 2. The highest BCUT2D eigenvalue weighted by atomic mass is 16.5. The third kappa shape index (κ3) is 4.95. The first-order valence-electron chi connectivity index (χ1n) is 10.8. The van der Waals surface area contributed by atoms with E-state index in [1.807, 2.05) is 13.0 Å². The smallest absolute Gasteiger partial charge is 0.194 e. The fraction of sp³-hybridized carbons (Fsp3) is 0.609. The van der Waals surface area contributed by atoms with Crippen LogP contribution in [0.1, 0.15) is 50.8 Å². The lowest BCUT2D eigenvalue weighted by atomic mass is 10.1. The van der Waals surface area contributed by atoms with Crippen LogP contribution in [0.3, 0.4) is 0 Å². The first-order valence-corrected chi connectivity index (χ1v) is 10.8. The fourth-order valence-electron chi connectivity index (χ4n) is 3.91. The number of nitrogens with zero attached hydrogens (tertiary/aromatic N) is 2. The summed E-state index contributed by atoms with van der Waals surface area (Å²) in [5, 5.41) is 0.801. The van der Waals surface area contributed by atoms with Gasteiger partial charge in [0.1, 0.15) is 0 Å². The number of fused-ring (bicyclic) bond motifs is 1. The molecule has 0 unspecified atom stereocenters. The van der Waals surface area contributed by atoms with Crippen molar-refractivity contribution in [3.8, 4) is 0 Å². The van der Waals surface area contributed by atoms with Gasteiger partial charge >= 0.3 is 0 Å². The third-order valence-electron chi connectivity index (χ3n) is 5.71. The predicted molar refractivity (Wildman–Crippen MR) is 117 cm³/mol. The molecule has 1 aromatic heterocycles. The van der Waals surface area contributed by atoms with Gasteiger partial charge in [-0.25, -0.2) is 0 Å². The Labute approximate surface area is 168 Å². The van der Waals surface area contributed by atoms with Crippen LogP contribution in [0.4, 0.5) is 5.69 Å². The van der Waals surface area contributed by atoms with E-state index in [0.29, 0.717) is 0 Å². The normalized spacial score (nSPS) is 14.9. The second-order valence-electron chi connectivity index (χ2n) is 7.87. The van der Waals surface area contributed by atoms with Crippen LogP contribution in [0.5, 0.6) is 0 Å². The minimum Gasteiger partial charge on any atom is -0.378 e. The van der Waals surface area contributed by atoms with Crippen molar-refractivity contribution in [3.05, 3.63) is 39.7 Å². The Morgan fingerprint density at radius 2 is 1.79 bits per heavy atom. The number of morpholine rings is 1. The number of ether oxygens (including phenoxy) is 1. The Hall–Kier alpha value is -1.85. The van der Waals surface area contributed by atoms with Gasteiger partial charge in [0, 0.05) is 47.5 Å². The minimum absolute atomic E-state index is 0.180. The number of hydrogen-bond acceptors (Lipinski definition) is 4. The molecule has 1 aliphatic rings. The number of rotatable bonds is 9. The molecule has 0 bridgehead atoms. The maximum absolute atomic E-state index is 13.4. The summed E-state index contributed by atoms with van der Waals surface area (Å²) in [7, 11) is 0. The molecule has 1 fully saturated rings. The molecule has 3 rings (SSSR count). The first-order chi connectivity index (χ1) is 13.6. The van der Waals surface area contributed by atoms with E-state index in [0.717, 1.165) is 73.8 Å². The van der Waals surface area contributed by atoms with Crippen molar-refractivity contribution < 1.29 is 4.74 Å². The van der Waals surface area contributed by atoms with Gasteiger partial charge in [-0.1, -0.05) is 26.7 Å². The number of H-pyrrole nitrogens is 1. The van der Waals surface area contributed by atoms with Crippen molar-refractivity contribution in [1.29, 1.82) is 0 Å². The quantitative estimate of drug-likeness (QED) is 0.707. The molecule has 28 heavy (non-hydrogen) atoms. The van der Waals surface area contributed by atoms with Gasteiger partial charge in [0.2, 0.25) is 0 Å². The molecule has 2 heterocycles.